The highest BCUT2D eigenvalue weighted by atomic mass is 16.5. The van der Waals surface area contributed by atoms with Crippen LogP contribution in [-0.4, -0.2) is 35.0 Å². The highest BCUT2D eigenvalue weighted by Gasteiger charge is 2.44. The Hall–Kier alpha value is -1.06. The molecule has 1 rings (SSSR count). The molecule has 1 atom stereocenters. The largest absolute Gasteiger partial charge is 0.464 e. The fourth-order valence-corrected chi connectivity index (χ4v) is 2.27. The monoisotopic (exact) mass is 213 g/mol. The summed E-state index contributed by atoms with van der Waals surface area (Å²) in [5.41, 5.74) is -0.233. The molecular weight excluding hydrogens is 194 g/mol. The first kappa shape index (κ1) is 12.0. The molecule has 4 nitrogen and oxygen atoms in total. The van der Waals surface area contributed by atoms with Crippen LogP contribution in [0.5, 0.6) is 0 Å². The van der Waals surface area contributed by atoms with E-state index >= 15 is 0 Å². The molecule has 1 amide bonds. The molecule has 0 aromatic carbocycles. The van der Waals surface area contributed by atoms with Crippen molar-refractivity contribution in [2.24, 2.45) is 0 Å². The van der Waals surface area contributed by atoms with Crippen LogP contribution in [-0.2, 0) is 14.3 Å². The van der Waals surface area contributed by atoms with Gasteiger partial charge in [0.05, 0.1) is 6.61 Å². The van der Waals surface area contributed by atoms with Gasteiger partial charge in [-0.2, -0.15) is 0 Å². The molecule has 0 bridgehead atoms. The Kier molecular flexibility index (Phi) is 3.37. The van der Waals surface area contributed by atoms with E-state index in [2.05, 4.69) is 0 Å². The molecule has 0 aliphatic carbocycles. The van der Waals surface area contributed by atoms with Crippen LogP contribution in [0, 0.1) is 0 Å². The van der Waals surface area contributed by atoms with Gasteiger partial charge in [0.25, 0.3) is 0 Å². The number of carbonyl (C=O) groups is 2. The molecule has 1 saturated heterocycles. The van der Waals surface area contributed by atoms with Crippen molar-refractivity contribution < 1.29 is 14.3 Å². The van der Waals surface area contributed by atoms with Crippen LogP contribution in [0.25, 0.3) is 0 Å². The normalized spacial score (nSPS) is 24.0. The zero-order chi connectivity index (χ0) is 11.6. The van der Waals surface area contributed by atoms with Gasteiger partial charge in [0.2, 0.25) is 5.91 Å². The van der Waals surface area contributed by atoms with Crippen LogP contribution in [0.15, 0.2) is 0 Å². The second-order valence-electron chi connectivity index (χ2n) is 4.51. The van der Waals surface area contributed by atoms with Crippen molar-refractivity contribution in [3.05, 3.63) is 0 Å². The molecule has 1 aliphatic heterocycles. The van der Waals surface area contributed by atoms with Gasteiger partial charge >= 0.3 is 5.97 Å². The molecule has 86 valence electrons. The Bertz CT molecular complexity index is 273. The van der Waals surface area contributed by atoms with Crippen molar-refractivity contribution in [1.82, 2.24) is 4.90 Å². The summed E-state index contributed by atoms with van der Waals surface area (Å²) in [6, 6.07) is -0.391. The number of amides is 1. The quantitative estimate of drug-likeness (QED) is 0.650. The molecule has 0 aromatic heterocycles. The van der Waals surface area contributed by atoms with Gasteiger partial charge in [-0.15, -0.1) is 0 Å². The van der Waals surface area contributed by atoms with E-state index in [0.29, 0.717) is 13.0 Å². The third-order valence-corrected chi connectivity index (χ3v) is 2.89. The standard InChI is InChI=1S/C11H19NO3/c1-5-15-10(14)9-6-7-11(3,4)12(9)8(2)13/h9H,5-7H2,1-4H3/t9-/m0/s1. The predicted molar refractivity (Wildman–Crippen MR) is 56.3 cm³/mol. The van der Waals surface area contributed by atoms with Crippen molar-refractivity contribution in [2.45, 2.75) is 52.1 Å². The number of hydrogen-bond donors (Lipinski definition) is 0. The van der Waals surface area contributed by atoms with Gasteiger partial charge in [-0.1, -0.05) is 0 Å². The molecule has 0 aromatic rings. The van der Waals surface area contributed by atoms with Crippen LogP contribution in [0.3, 0.4) is 0 Å². The number of esters is 1. The van der Waals surface area contributed by atoms with Gasteiger partial charge < -0.3 is 9.64 Å². The van der Waals surface area contributed by atoms with Crippen molar-refractivity contribution in [3.8, 4) is 0 Å². The van der Waals surface area contributed by atoms with Gasteiger partial charge in [-0.3, -0.25) is 4.79 Å². The van der Waals surface area contributed by atoms with Crippen molar-refractivity contribution >= 4 is 11.9 Å². The highest BCUT2D eigenvalue weighted by Crippen LogP contribution is 2.33. The molecule has 1 aliphatic rings. The Labute approximate surface area is 90.6 Å². The Balaban J connectivity index is 2.83. The second-order valence-corrected chi connectivity index (χ2v) is 4.51. The van der Waals surface area contributed by atoms with E-state index in [-0.39, 0.29) is 17.4 Å². The average molecular weight is 213 g/mol. The van der Waals surface area contributed by atoms with Crippen LogP contribution < -0.4 is 0 Å². The van der Waals surface area contributed by atoms with E-state index in [0.717, 1.165) is 6.42 Å². The van der Waals surface area contributed by atoms with Gasteiger partial charge in [-0.05, 0) is 33.6 Å². The molecular formula is C11H19NO3. The van der Waals surface area contributed by atoms with Crippen LogP contribution in [0.2, 0.25) is 0 Å². The van der Waals surface area contributed by atoms with Gasteiger partial charge in [0.1, 0.15) is 6.04 Å². The molecule has 1 heterocycles. The van der Waals surface area contributed by atoms with Gasteiger partial charge in [0.15, 0.2) is 0 Å². The minimum atomic E-state index is -0.391. The number of rotatable bonds is 2. The zero-order valence-corrected chi connectivity index (χ0v) is 9.87. The molecule has 0 N–H and O–H groups in total. The summed E-state index contributed by atoms with van der Waals surface area (Å²) in [4.78, 5) is 24.8. The third-order valence-electron chi connectivity index (χ3n) is 2.89. The Morgan fingerprint density at radius 2 is 2.07 bits per heavy atom. The second kappa shape index (κ2) is 4.21. The fraction of sp³-hybridized carbons (Fsp3) is 0.818. The van der Waals surface area contributed by atoms with Crippen molar-refractivity contribution in [2.75, 3.05) is 6.61 Å². The number of hydrogen-bond acceptors (Lipinski definition) is 3. The van der Waals surface area contributed by atoms with E-state index in [1.165, 1.54) is 6.92 Å². The summed E-state index contributed by atoms with van der Waals surface area (Å²) in [5, 5.41) is 0. The van der Waals surface area contributed by atoms with E-state index in [1.807, 2.05) is 13.8 Å². The lowest BCUT2D eigenvalue weighted by molar-refractivity contribution is -0.155. The van der Waals surface area contributed by atoms with Crippen LogP contribution in [0.1, 0.15) is 40.5 Å². The van der Waals surface area contributed by atoms with E-state index in [4.69, 9.17) is 4.74 Å². The first-order chi connectivity index (χ1) is 6.90. The fourth-order valence-electron chi connectivity index (χ4n) is 2.27. The Morgan fingerprint density at radius 3 is 2.53 bits per heavy atom. The maximum Gasteiger partial charge on any atom is 0.328 e. The summed E-state index contributed by atoms with van der Waals surface area (Å²) >= 11 is 0. The van der Waals surface area contributed by atoms with Gasteiger partial charge in [-0.25, -0.2) is 4.79 Å². The molecule has 15 heavy (non-hydrogen) atoms. The van der Waals surface area contributed by atoms with E-state index in [9.17, 15) is 9.59 Å². The third kappa shape index (κ3) is 2.30. The molecule has 0 unspecified atom stereocenters. The lowest BCUT2D eigenvalue weighted by atomic mass is 10.0. The first-order valence-corrected chi connectivity index (χ1v) is 5.36. The number of ether oxygens (including phenoxy) is 1. The van der Waals surface area contributed by atoms with Crippen LogP contribution in [0.4, 0.5) is 0 Å². The molecule has 0 radical (unpaired) electrons. The van der Waals surface area contributed by atoms with Crippen molar-refractivity contribution in [3.63, 3.8) is 0 Å². The van der Waals surface area contributed by atoms with Gasteiger partial charge in [0, 0.05) is 12.5 Å². The summed E-state index contributed by atoms with van der Waals surface area (Å²) in [6.07, 6.45) is 1.54. The maximum atomic E-state index is 11.6. The lowest BCUT2D eigenvalue weighted by Crippen LogP contribution is -2.49. The molecule has 0 spiro atoms. The number of likely N-dealkylation sites (tertiary alicyclic amines) is 1. The first-order valence-electron chi connectivity index (χ1n) is 5.36. The topological polar surface area (TPSA) is 46.6 Å². The predicted octanol–water partition coefficient (Wildman–Crippen LogP) is 1.34. The summed E-state index contributed by atoms with van der Waals surface area (Å²) in [6.45, 7) is 7.60. The summed E-state index contributed by atoms with van der Waals surface area (Å²) in [5.74, 6) is -0.339. The molecule has 1 fully saturated rings. The average Bonchev–Trinajstić information content (AvgIpc) is 2.41. The SMILES string of the molecule is CCOC(=O)[C@@H]1CCC(C)(C)N1C(C)=O. The Morgan fingerprint density at radius 1 is 1.47 bits per heavy atom. The highest BCUT2D eigenvalue weighted by molar-refractivity contribution is 5.84. The number of nitrogens with zero attached hydrogens (tertiary/aromatic N) is 1. The minimum absolute atomic E-state index is 0.0597. The van der Waals surface area contributed by atoms with E-state index in [1.54, 1.807) is 11.8 Å². The zero-order valence-electron chi connectivity index (χ0n) is 9.87. The van der Waals surface area contributed by atoms with Crippen LogP contribution >= 0.6 is 0 Å². The maximum absolute atomic E-state index is 11.6. The summed E-state index contributed by atoms with van der Waals surface area (Å²) in [7, 11) is 0. The smallest absolute Gasteiger partial charge is 0.328 e. The summed E-state index contributed by atoms with van der Waals surface area (Å²) < 4.78 is 4.97. The molecule has 4 heteroatoms. The number of carbonyl (C=O) groups excluding carboxylic acids is 2. The van der Waals surface area contributed by atoms with E-state index < -0.39 is 6.04 Å². The minimum Gasteiger partial charge on any atom is -0.464 e. The lowest BCUT2D eigenvalue weighted by Gasteiger charge is -2.33. The van der Waals surface area contributed by atoms with Crippen molar-refractivity contribution in [1.29, 1.82) is 0 Å². The molecule has 0 saturated carbocycles.